The van der Waals surface area contributed by atoms with E-state index in [1.54, 1.807) is 11.8 Å². The fourth-order valence-electron chi connectivity index (χ4n) is 2.15. The van der Waals surface area contributed by atoms with E-state index in [1.165, 1.54) is 5.39 Å². The van der Waals surface area contributed by atoms with Gasteiger partial charge in [0.25, 0.3) is 0 Å². The number of amidine groups is 1. The predicted molar refractivity (Wildman–Crippen MR) is 83.9 cm³/mol. The summed E-state index contributed by atoms with van der Waals surface area (Å²) in [6, 6.07) is 8.69. The number of nitrogens with one attached hydrogen (secondary N) is 1. The molecule has 2 aromatic rings. The molecule has 2 heterocycles. The van der Waals surface area contributed by atoms with Crippen molar-refractivity contribution in [1.29, 1.82) is 0 Å². The van der Waals surface area contributed by atoms with Crippen molar-refractivity contribution in [3.05, 3.63) is 36.7 Å². The molecule has 1 atom stereocenters. The number of pyridine rings is 1. The molecule has 3 rings (SSSR count). The minimum atomic E-state index is 0.434. The molecule has 1 aromatic heterocycles. The average molecular weight is 271 g/mol. The van der Waals surface area contributed by atoms with E-state index in [-0.39, 0.29) is 0 Å². The van der Waals surface area contributed by atoms with Gasteiger partial charge in [-0.1, -0.05) is 37.7 Å². The van der Waals surface area contributed by atoms with Crippen molar-refractivity contribution in [2.24, 2.45) is 10.9 Å². The van der Waals surface area contributed by atoms with Gasteiger partial charge in [-0.15, -0.1) is 0 Å². The highest BCUT2D eigenvalue weighted by molar-refractivity contribution is 8.14. The largest absolute Gasteiger partial charge is 0.334 e. The third-order valence-corrected chi connectivity index (χ3v) is 4.35. The minimum Gasteiger partial charge on any atom is -0.334 e. The van der Waals surface area contributed by atoms with E-state index in [0.29, 0.717) is 12.0 Å². The molecule has 1 aliphatic rings. The van der Waals surface area contributed by atoms with Crippen molar-refractivity contribution in [1.82, 2.24) is 4.98 Å². The van der Waals surface area contributed by atoms with E-state index in [4.69, 9.17) is 4.99 Å². The number of aliphatic imine (C=N–C) groups is 1. The number of aromatic nitrogens is 1. The predicted octanol–water partition coefficient (Wildman–Crippen LogP) is 3.77. The van der Waals surface area contributed by atoms with Crippen LogP contribution in [0, 0.1) is 5.92 Å². The van der Waals surface area contributed by atoms with Gasteiger partial charge in [-0.05, 0) is 18.1 Å². The number of fused-ring (bicyclic) bond motifs is 1. The number of thioether (sulfide) groups is 1. The van der Waals surface area contributed by atoms with Gasteiger partial charge in [-0.25, -0.2) is 0 Å². The zero-order valence-corrected chi connectivity index (χ0v) is 11.9. The first-order valence-electron chi connectivity index (χ1n) is 6.54. The quantitative estimate of drug-likeness (QED) is 0.903. The third-order valence-electron chi connectivity index (χ3n) is 3.37. The molecular weight excluding hydrogens is 254 g/mol. The average Bonchev–Trinajstić information content (AvgIpc) is 2.88. The van der Waals surface area contributed by atoms with Crippen LogP contribution in [0.3, 0.4) is 0 Å². The van der Waals surface area contributed by atoms with Crippen molar-refractivity contribution in [3.8, 4) is 0 Å². The maximum atomic E-state index is 4.74. The number of rotatable bonds is 2. The second-order valence-corrected chi connectivity index (χ2v) is 6.09. The van der Waals surface area contributed by atoms with Gasteiger partial charge in [-0.3, -0.25) is 9.98 Å². The van der Waals surface area contributed by atoms with Crippen LogP contribution in [0.1, 0.15) is 13.8 Å². The third kappa shape index (κ3) is 2.59. The lowest BCUT2D eigenvalue weighted by Crippen LogP contribution is -2.12. The molecule has 0 saturated carbocycles. The van der Waals surface area contributed by atoms with E-state index in [2.05, 4.69) is 36.3 Å². The van der Waals surface area contributed by atoms with E-state index in [0.717, 1.165) is 22.0 Å². The molecule has 0 unspecified atom stereocenters. The Kier molecular flexibility index (Phi) is 3.42. The lowest BCUT2D eigenvalue weighted by molar-refractivity contribution is 0.543. The van der Waals surface area contributed by atoms with Gasteiger partial charge in [0.1, 0.15) is 0 Å². The number of anilines is 1. The van der Waals surface area contributed by atoms with Gasteiger partial charge in [0, 0.05) is 34.6 Å². The molecular formula is C15H17N3S. The number of hydrogen-bond acceptors (Lipinski definition) is 4. The van der Waals surface area contributed by atoms with Crippen LogP contribution in [-0.2, 0) is 0 Å². The molecule has 98 valence electrons. The zero-order valence-electron chi connectivity index (χ0n) is 11.1. The topological polar surface area (TPSA) is 37.3 Å². The molecule has 0 saturated heterocycles. The molecule has 0 fully saturated rings. The fraction of sp³-hybridized carbons (Fsp3) is 0.333. The first-order chi connectivity index (χ1) is 9.24. The summed E-state index contributed by atoms with van der Waals surface area (Å²) in [5.41, 5.74) is 1.11. The summed E-state index contributed by atoms with van der Waals surface area (Å²) in [7, 11) is 0. The smallest absolute Gasteiger partial charge is 0.161 e. The van der Waals surface area contributed by atoms with Crippen LogP contribution < -0.4 is 5.32 Å². The maximum Gasteiger partial charge on any atom is 0.161 e. The van der Waals surface area contributed by atoms with Gasteiger partial charge in [0.05, 0.1) is 6.04 Å². The first-order valence-corrected chi connectivity index (χ1v) is 7.53. The minimum absolute atomic E-state index is 0.434. The van der Waals surface area contributed by atoms with Crippen molar-refractivity contribution in [2.45, 2.75) is 19.9 Å². The summed E-state index contributed by atoms with van der Waals surface area (Å²) < 4.78 is 0. The molecule has 3 nitrogen and oxygen atoms in total. The van der Waals surface area contributed by atoms with Gasteiger partial charge >= 0.3 is 0 Å². The molecule has 4 heteroatoms. The van der Waals surface area contributed by atoms with Gasteiger partial charge in [0.15, 0.2) is 5.17 Å². The SMILES string of the molecule is CC(C)[C@H]1CSC(Nc2cccc3cnccc23)=N1. The Morgan fingerprint density at radius 1 is 1.32 bits per heavy atom. The van der Waals surface area contributed by atoms with Crippen LogP contribution in [0.2, 0.25) is 0 Å². The Labute approximate surface area is 117 Å². The summed E-state index contributed by atoms with van der Waals surface area (Å²) in [6.07, 6.45) is 3.72. The van der Waals surface area contributed by atoms with Crippen LogP contribution in [0.5, 0.6) is 0 Å². The Balaban J connectivity index is 1.88. The molecule has 0 aliphatic carbocycles. The van der Waals surface area contributed by atoms with E-state index in [1.807, 2.05) is 24.5 Å². The van der Waals surface area contributed by atoms with Crippen LogP contribution >= 0.6 is 11.8 Å². The maximum absolute atomic E-state index is 4.74. The Hall–Kier alpha value is -1.55. The van der Waals surface area contributed by atoms with Gasteiger partial charge < -0.3 is 5.32 Å². The second kappa shape index (κ2) is 5.21. The molecule has 0 amide bonds. The highest BCUT2D eigenvalue weighted by atomic mass is 32.2. The molecule has 0 bridgehead atoms. The Morgan fingerprint density at radius 3 is 3.00 bits per heavy atom. The standard InChI is InChI=1S/C15H17N3S/c1-10(2)14-9-19-15(18-14)17-13-5-3-4-11-8-16-7-6-12(11)13/h3-8,10,14H,9H2,1-2H3,(H,17,18)/t14-/m1/s1. The fourth-order valence-corrected chi connectivity index (χ4v) is 3.33. The summed E-state index contributed by atoms with van der Waals surface area (Å²) in [5.74, 6) is 1.68. The molecule has 1 aliphatic heterocycles. The molecule has 0 radical (unpaired) electrons. The highest BCUT2D eigenvalue weighted by Gasteiger charge is 2.21. The van der Waals surface area contributed by atoms with Crippen molar-refractivity contribution in [2.75, 3.05) is 11.1 Å². The van der Waals surface area contributed by atoms with Crippen molar-refractivity contribution >= 4 is 33.4 Å². The number of hydrogen-bond donors (Lipinski definition) is 1. The van der Waals surface area contributed by atoms with Gasteiger partial charge in [-0.2, -0.15) is 0 Å². The Morgan fingerprint density at radius 2 is 2.21 bits per heavy atom. The summed E-state index contributed by atoms with van der Waals surface area (Å²) in [4.78, 5) is 8.90. The van der Waals surface area contributed by atoms with Crippen LogP contribution in [-0.4, -0.2) is 21.9 Å². The molecule has 19 heavy (non-hydrogen) atoms. The second-order valence-electron chi connectivity index (χ2n) is 5.08. The highest BCUT2D eigenvalue weighted by Crippen LogP contribution is 2.27. The summed E-state index contributed by atoms with van der Waals surface area (Å²) in [5, 5.41) is 6.82. The van der Waals surface area contributed by atoms with E-state index >= 15 is 0 Å². The monoisotopic (exact) mass is 271 g/mol. The lowest BCUT2D eigenvalue weighted by Gasteiger charge is -2.09. The van der Waals surface area contributed by atoms with Crippen molar-refractivity contribution in [3.63, 3.8) is 0 Å². The molecule has 1 aromatic carbocycles. The number of nitrogens with zero attached hydrogens (tertiary/aromatic N) is 2. The molecule has 1 N–H and O–H groups in total. The summed E-state index contributed by atoms with van der Waals surface area (Å²) >= 11 is 1.81. The van der Waals surface area contributed by atoms with Crippen LogP contribution in [0.15, 0.2) is 41.7 Å². The Bertz CT molecular complexity index is 616. The van der Waals surface area contributed by atoms with Gasteiger partial charge in [0.2, 0.25) is 0 Å². The molecule has 0 spiro atoms. The summed E-state index contributed by atoms with van der Waals surface area (Å²) in [6.45, 7) is 4.45. The normalized spacial score (nSPS) is 18.9. The lowest BCUT2D eigenvalue weighted by atomic mass is 10.1. The zero-order chi connectivity index (χ0) is 13.2. The van der Waals surface area contributed by atoms with Crippen LogP contribution in [0.4, 0.5) is 5.69 Å². The van der Waals surface area contributed by atoms with Crippen molar-refractivity contribution < 1.29 is 0 Å². The van der Waals surface area contributed by atoms with E-state index in [9.17, 15) is 0 Å². The van der Waals surface area contributed by atoms with E-state index < -0.39 is 0 Å². The first kappa shape index (κ1) is 12.5. The van der Waals surface area contributed by atoms with Crippen LogP contribution in [0.25, 0.3) is 10.8 Å². The number of benzene rings is 1.